The number of rotatable bonds is 36. The summed E-state index contributed by atoms with van der Waals surface area (Å²) in [6, 6.07) is 69.8. The van der Waals surface area contributed by atoms with Crippen LogP contribution in [0.4, 0.5) is 21.0 Å². The molecule has 18 nitrogen and oxygen atoms in total. The molecule has 520 valence electrons. The molecule has 8 aromatic rings. The van der Waals surface area contributed by atoms with Gasteiger partial charge in [0.2, 0.25) is 23.6 Å². The van der Waals surface area contributed by atoms with Crippen molar-refractivity contribution in [3.8, 4) is 0 Å². The minimum absolute atomic E-state index is 0.0763. The Labute approximate surface area is 589 Å². The van der Waals surface area contributed by atoms with Crippen LogP contribution in [0.3, 0.4) is 0 Å². The Morgan fingerprint density at radius 2 is 0.616 bits per heavy atom. The third kappa shape index (κ3) is 20.0. The number of anilines is 2. The van der Waals surface area contributed by atoms with Crippen molar-refractivity contribution in [2.75, 3.05) is 50.6 Å². The highest BCUT2D eigenvalue weighted by Crippen LogP contribution is 2.50. The van der Waals surface area contributed by atoms with Gasteiger partial charge in [0.1, 0.15) is 24.2 Å². The Morgan fingerprint density at radius 3 is 0.848 bits per heavy atom. The number of methoxy groups -OCH3 is 4. The highest BCUT2D eigenvalue weighted by molar-refractivity contribution is 8.00. The van der Waals surface area contributed by atoms with Gasteiger partial charge in [0.05, 0.1) is 9.49 Å². The molecular weight excluding hydrogens is 1290 g/mol. The van der Waals surface area contributed by atoms with Crippen LogP contribution in [0, 0.1) is 10.8 Å². The predicted octanol–water partition coefficient (Wildman–Crippen LogP) is 13.7. The van der Waals surface area contributed by atoms with E-state index in [0.717, 1.165) is 44.5 Å². The molecule has 0 saturated heterocycles. The van der Waals surface area contributed by atoms with Crippen molar-refractivity contribution in [3.63, 3.8) is 0 Å². The number of nitrogens with one attached hydrogen (secondary N) is 6. The predicted molar refractivity (Wildman–Crippen MR) is 392 cm³/mol. The van der Waals surface area contributed by atoms with Crippen molar-refractivity contribution < 1.29 is 57.9 Å². The maximum Gasteiger partial charge on any atom is 0.405 e. The number of amides is 6. The lowest BCUT2D eigenvalue weighted by Crippen LogP contribution is -2.58. The van der Waals surface area contributed by atoms with Crippen LogP contribution in [-0.2, 0) is 54.0 Å². The molecule has 0 bridgehead atoms. The number of hydrogen-bond donors (Lipinski definition) is 8. The van der Waals surface area contributed by atoms with Crippen molar-refractivity contribution in [2.24, 2.45) is 10.8 Å². The lowest BCUT2D eigenvalue weighted by molar-refractivity contribution is -0.139. The number of ether oxygens (including phenoxy) is 4. The van der Waals surface area contributed by atoms with E-state index in [0.29, 0.717) is 29.3 Å². The van der Waals surface area contributed by atoms with Gasteiger partial charge in [0.25, 0.3) is 0 Å². The summed E-state index contributed by atoms with van der Waals surface area (Å²) in [6.45, 7) is 7.21. The van der Waals surface area contributed by atoms with Gasteiger partial charge in [-0.3, -0.25) is 19.2 Å². The van der Waals surface area contributed by atoms with E-state index in [1.54, 1.807) is 75.5 Å². The smallest absolute Gasteiger partial charge is 0.405 e. The highest BCUT2D eigenvalue weighted by atomic mass is 32.2. The molecule has 0 aromatic heterocycles. The minimum Gasteiger partial charge on any atom is -0.465 e. The average molecular weight is 1380 g/mol. The summed E-state index contributed by atoms with van der Waals surface area (Å²) in [6.07, 6.45) is -3.31. The molecule has 0 radical (unpaired) electrons. The molecule has 0 fully saturated rings. The lowest BCUT2D eigenvalue weighted by Gasteiger charge is -2.37. The summed E-state index contributed by atoms with van der Waals surface area (Å²) < 4.78 is 20.8. The maximum atomic E-state index is 14.6. The Bertz CT molecular complexity index is 3410. The molecule has 6 amide bonds. The van der Waals surface area contributed by atoms with E-state index >= 15 is 0 Å². The Kier molecular flexibility index (Phi) is 27.4. The van der Waals surface area contributed by atoms with Gasteiger partial charge < -0.3 is 61.1 Å². The quantitative estimate of drug-likeness (QED) is 0.0134. The second-order valence-electron chi connectivity index (χ2n) is 25.5. The van der Waals surface area contributed by atoms with Crippen LogP contribution in [0.2, 0.25) is 0 Å². The molecule has 20 heteroatoms. The van der Waals surface area contributed by atoms with Crippen molar-refractivity contribution >= 4 is 70.7 Å². The van der Waals surface area contributed by atoms with E-state index in [-0.39, 0.29) is 25.7 Å². The Balaban J connectivity index is 0.949. The van der Waals surface area contributed by atoms with Crippen molar-refractivity contribution in [3.05, 3.63) is 275 Å². The zero-order valence-corrected chi connectivity index (χ0v) is 58.8. The summed E-state index contributed by atoms with van der Waals surface area (Å²) in [5, 5.41) is 37.0. The molecule has 0 spiro atoms. The van der Waals surface area contributed by atoms with Crippen LogP contribution < -0.4 is 31.9 Å². The van der Waals surface area contributed by atoms with Crippen LogP contribution in [-0.4, -0.2) is 123 Å². The van der Waals surface area contributed by atoms with Gasteiger partial charge in [-0.05, 0) is 110 Å². The average Bonchev–Trinajstić information content (AvgIpc) is 0.770. The van der Waals surface area contributed by atoms with Gasteiger partial charge in [-0.15, -0.1) is 23.5 Å². The number of carboxylic acid groups (broad SMARTS) is 2. The van der Waals surface area contributed by atoms with E-state index in [2.05, 4.69) is 105 Å². The molecule has 4 atom stereocenters. The van der Waals surface area contributed by atoms with Crippen LogP contribution in [0.15, 0.2) is 231 Å². The van der Waals surface area contributed by atoms with Gasteiger partial charge in [-0.25, -0.2) is 9.59 Å². The number of benzene rings is 8. The summed E-state index contributed by atoms with van der Waals surface area (Å²) in [5.74, 6) is -1.81. The molecule has 0 saturated carbocycles. The summed E-state index contributed by atoms with van der Waals surface area (Å²) >= 11 is 3.17. The maximum absolute atomic E-state index is 14.6. The summed E-state index contributed by atoms with van der Waals surface area (Å²) in [5.41, 5.74) is 6.67. The second kappa shape index (κ2) is 36.0. The van der Waals surface area contributed by atoms with Crippen molar-refractivity contribution in [2.45, 2.75) is 106 Å². The largest absolute Gasteiger partial charge is 0.465 e. The van der Waals surface area contributed by atoms with Crippen LogP contribution in [0.25, 0.3) is 0 Å². The van der Waals surface area contributed by atoms with E-state index in [1.807, 2.05) is 133 Å². The molecule has 0 aliphatic rings. The second-order valence-corrected chi connectivity index (χ2v) is 28.1. The SMILES string of the molecule is COC(CC(C)(C)C(NC(=O)[C@H](CCSC(c1ccccc1)(c1ccccc1)c1ccccc1)NC(=O)O)C(=O)Nc1ccc(Cc2ccc(NC(=O)C(NC(=O)[C@H](CCSC(c3ccccc3)(c3ccccc3)c3ccccc3)NC(=O)O)C(C)(C)CC(OC)OC)cc2)cc1)OC. The molecule has 8 N–H and O–H groups in total. The van der Waals surface area contributed by atoms with Gasteiger partial charge in [-0.2, -0.15) is 0 Å². The number of carbonyl (C=O) groups is 6. The molecule has 2 unspecified atom stereocenters. The zero-order chi connectivity index (χ0) is 71.0. The first-order valence-corrected chi connectivity index (χ1v) is 34.7. The number of hydrogen-bond acceptors (Lipinski definition) is 12. The van der Waals surface area contributed by atoms with E-state index < -0.39 is 92.9 Å². The third-order valence-corrected chi connectivity index (χ3v) is 20.9. The summed E-state index contributed by atoms with van der Waals surface area (Å²) in [7, 11) is 5.94. The van der Waals surface area contributed by atoms with Crippen molar-refractivity contribution in [1.82, 2.24) is 21.3 Å². The molecule has 8 rings (SSSR count). The molecule has 99 heavy (non-hydrogen) atoms. The van der Waals surface area contributed by atoms with Crippen LogP contribution in [0.5, 0.6) is 0 Å². The molecular formula is C79H90N6O12S2. The molecule has 8 aromatic carbocycles. The fourth-order valence-corrected chi connectivity index (χ4v) is 15.6. The number of thioether (sulfide) groups is 2. The van der Waals surface area contributed by atoms with Crippen LogP contribution in [0.1, 0.15) is 97.9 Å². The topological polar surface area (TPSA) is 252 Å². The monoisotopic (exact) mass is 1380 g/mol. The highest BCUT2D eigenvalue weighted by Gasteiger charge is 2.44. The first-order valence-electron chi connectivity index (χ1n) is 32.8. The molecule has 0 heterocycles. The zero-order valence-electron chi connectivity index (χ0n) is 57.1. The molecule has 0 aliphatic heterocycles. The van der Waals surface area contributed by atoms with E-state index in [9.17, 15) is 39.0 Å². The van der Waals surface area contributed by atoms with Crippen LogP contribution >= 0.6 is 23.5 Å². The Hall–Kier alpha value is -9.28. The first-order chi connectivity index (χ1) is 47.7. The lowest BCUT2D eigenvalue weighted by atomic mass is 9.80. The normalized spacial score (nSPS) is 13.1. The minimum atomic E-state index is -1.39. The fourth-order valence-electron chi connectivity index (χ4n) is 12.4. The van der Waals surface area contributed by atoms with Gasteiger partial charge in [-0.1, -0.05) is 234 Å². The summed E-state index contributed by atoms with van der Waals surface area (Å²) in [4.78, 5) is 83.4. The molecule has 0 aliphatic carbocycles. The van der Waals surface area contributed by atoms with E-state index in [1.165, 1.54) is 28.4 Å². The first kappa shape index (κ1) is 75.5. The van der Waals surface area contributed by atoms with Gasteiger partial charge in [0.15, 0.2) is 12.6 Å². The number of carbonyl (C=O) groups excluding carboxylic acids is 4. The van der Waals surface area contributed by atoms with Crippen molar-refractivity contribution in [1.29, 1.82) is 0 Å². The van der Waals surface area contributed by atoms with Gasteiger partial charge >= 0.3 is 12.2 Å². The third-order valence-electron chi connectivity index (χ3n) is 17.7. The van der Waals surface area contributed by atoms with Gasteiger partial charge in [0, 0.05) is 52.7 Å². The fraction of sp³-hybridized carbons (Fsp3) is 0.316. The Morgan fingerprint density at radius 1 is 0.364 bits per heavy atom. The van der Waals surface area contributed by atoms with E-state index in [4.69, 9.17) is 18.9 Å². The standard InChI is InChI=1S/C79H90N6O12S2/c1-76(2,52-66(94-5)95-6)68(84-70(86)64(82-74(90)91)47-49-98-78(56-27-15-9-16-28-56,57-29-17-10-18-30-57)58-31-19-11-20-32-58)72(88)80-62-43-39-54(40-44-62)51-55-41-45-63(46-42-55)81-73(89)69(77(3,4)53-67(96-7)97-8)85-71(87)65(83-75(92)93)48-50-99-79(59-33-21-12-22-34-59,60-35-23-13-24-36-60)61-37-25-14-26-38-61/h9-46,64-69,82-83H,47-53H2,1-8H3,(H,80,88)(H,81,89)(H,84,86)(H,85,87)(H,90,91)(H,92,93)/t64-,65-,68?,69?/m0/s1.